The number of hydrogen-bond acceptors (Lipinski definition) is 0. The predicted molar refractivity (Wildman–Crippen MR) is 85.2 cm³/mol. The van der Waals surface area contributed by atoms with Crippen LogP contribution in [0.25, 0.3) is 0 Å². The van der Waals surface area contributed by atoms with E-state index in [1.54, 1.807) is 17.7 Å². The van der Waals surface area contributed by atoms with Gasteiger partial charge in [0.15, 0.2) is 0 Å². The minimum atomic E-state index is -0.152. The molecule has 1 aromatic rings. The standard InChI is InChI=1S/C19H27FN.HI/c1-19(2)16-8-7-15(18(19)11-16)13-21(3,4)12-14-5-9-17(20)10-6-14;/h5-7,9-10,16,18H,8,11-13H2,1-4H3;1H/q+1;/p-1/t16-,18-;/m0./s1. The maximum atomic E-state index is 13.0. The van der Waals surface area contributed by atoms with E-state index < -0.39 is 0 Å². The van der Waals surface area contributed by atoms with Gasteiger partial charge in [-0.15, -0.1) is 0 Å². The lowest BCUT2D eigenvalue weighted by atomic mass is 9.49. The highest BCUT2D eigenvalue weighted by molar-refractivity contribution is 5.23. The Morgan fingerprint density at radius 1 is 1.14 bits per heavy atom. The molecule has 0 heterocycles. The normalized spacial score (nSPS) is 25.8. The van der Waals surface area contributed by atoms with Gasteiger partial charge in [0.25, 0.3) is 0 Å². The zero-order valence-corrected chi connectivity index (χ0v) is 16.2. The van der Waals surface area contributed by atoms with E-state index in [0.717, 1.165) is 29.4 Å². The fourth-order valence-electron chi connectivity index (χ4n) is 4.29. The molecule has 1 aromatic carbocycles. The van der Waals surface area contributed by atoms with E-state index in [9.17, 15) is 4.39 Å². The molecule has 1 nitrogen and oxygen atoms in total. The van der Waals surface area contributed by atoms with Crippen LogP contribution in [-0.4, -0.2) is 25.1 Å². The van der Waals surface area contributed by atoms with Crippen molar-refractivity contribution in [2.24, 2.45) is 17.3 Å². The first-order chi connectivity index (χ1) is 9.78. The number of halogens is 2. The second-order valence-electron chi connectivity index (χ2n) is 8.20. The Hall–Kier alpha value is -0.420. The molecule has 22 heavy (non-hydrogen) atoms. The number of quaternary nitrogens is 1. The molecule has 2 atom stereocenters. The first-order valence-corrected chi connectivity index (χ1v) is 8.03. The Kier molecular flexibility index (Phi) is 5.08. The largest absolute Gasteiger partial charge is 1.00 e. The van der Waals surface area contributed by atoms with Crippen LogP contribution in [-0.2, 0) is 6.54 Å². The lowest BCUT2D eigenvalue weighted by Gasteiger charge is -2.57. The molecule has 0 aliphatic heterocycles. The summed E-state index contributed by atoms with van der Waals surface area (Å²) in [5, 5.41) is 0. The van der Waals surface area contributed by atoms with E-state index in [0.29, 0.717) is 5.41 Å². The quantitative estimate of drug-likeness (QED) is 0.396. The molecule has 0 saturated heterocycles. The second-order valence-corrected chi connectivity index (χ2v) is 8.20. The number of hydrogen-bond donors (Lipinski definition) is 0. The maximum Gasteiger partial charge on any atom is 0.123 e. The molecule has 1 saturated carbocycles. The molecule has 3 aliphatic carbocycles. The van der Waals surface area contributed by atoms with Gasteiger partial charge in [-0.2, -0.15) is 0 Å². The number of nitrogens with zero attached hydrogens (tertiary/aromatic N) is 1. The smallest absolute Gasteiger partial charge is 0.123 e. The van der Waals surface area contributed by atoms with Crippen LogP contribution in [0.4, 0.5) is 4.39 Å². The number of fused-ring (bicyclic) bond motifs is 1. The number of benzene rings is 1. The zero-order chi connectivity index (χ0) is 15.3. The Balaban J connectivity index is 0.00000176. The van der Waals surface area contributed by atoms with Crippen LogP contribution in [0.2, 0.25) is 0 Å². The van der Waals surface area contributed by atoms with Crippen molar-refractivity contribution in [1.82, 2.24) is 0 Å². The molecule has 3 aliphatic rings. The van der Waals surface area contributed by atoms with E-state index in [4.69, 9.17) is 0 Å². The summed E-state index contributed by atoms with van der Waals surface area (Å²) in [6, 6.07) is 6.95. The minimum absolute atomic E-state index is 0. The van der Waals surface area contributed by atoms with Crippen LogP contribution in [0, 0.1) is 23.1 Å². The number of rotatable bonds is 4. The van der Waals surface area contributed by atoms with Gasteiger partial charge in [-0.25, -0.2) is 4.39 Å². The molecular weight excluding hydrogens is 388 g/mol. The van der Waals surface area contributed by atoms with E-state index >= 15 is 0 Å². The molecule has 0 amide bonds. The fraction of sp³-hybridized carbons (Fsp3) is 0.579. The van der Waals surface area contributed by atoms with E-state index in [1.807, 2.05) is 12.1 Å². The van der Waals surface area contributed by atoms with Crippen molar-refractivity contribution in [3.63, 3.8) is 0 Å². The molecule has 0 aromatic heterocycles. The third kappa shape index (κ3) is 3.40. The molecule has 4 rings (SSSR count). The molecule has 0 unspecified atom stereocenters. The van der Waals surface area contributed by atoms with Crippen molar-refractivity contribution >= 4 is 0 Å². The summed E-state index contributed by atoms with van der Waals surface area (Å²) >= 11 is 0. The first-order valence-electron chi connectivity index (χ1n) is 8.03. The van der Waals surface area contributed by atoms with Gasteiger partial charge in [-0.1, -0.05) is 32.1 Å². The van der Waals surface area contributed by atoms with E-state index in [2.05, 4.69) is 34.0 Å². The first kappa shape index (κ1) is 17.9. The summed E-state index contributed by atoms with van der Waals surface area (Å²) in [5.74, 6) is 1.53. The van der Waals surface area contributed by atoms with Crippen molar-refractivity contribution in [1.29, 1.82) is 0 Å². The van der Waals surface area contributed by atoms with Gasteiger partial charge in [-0.05, 0) is 47.8 Å². The number of allylic oxidation sites excluding steroid dienone is 1. The van der Waals surface area contributed by atoms with Crippen LogP contribution in [0.1, 0.15) is 32.3 Å². The summed E-state index contributed by atoms with van der Waals surface area (Å²) in [6.07, 6.45) is 5.14. The molecule has 0 radical (unpaired) electrons. The summed E-state index contributed by atoms with van der Waals surface area (Å²) in [5.41, 5.74) is 3.36. The van der Waals surface area contributed by atoms with Crippen LogP contribution >= 0.6 is 0 Å². The summed E-state index contributed by atoms with van der Waals surface area (Å²) in [6.45, 7) is 6.92. The number of likely N-dealkylation sites (N-methyl/N-ethyl adjacent to an activating group) is 1. The van der Waals surface area contributed by atoms with Crippen LogP contribution in [0.3, 0.4) is 0 Å². The zero-order valence-electron chi connectivity index (χ0n) is 14.1. The minimum Gasteiger partial charge on any atom is -1.00 e. The molecule has 3 heteroatoms. The highest BCUT2D eigenvalue weighted by Crippen LogP contribution is 2.59. The Morgan fingerprint density at radius 3 is 2.32 bits per heavy atom. The van der Waals surface area contributed by atoms with Gasteiger partial charge in [0.1, 0.15) is 18.9 Å². The van der Waals surface area contributed by atoms with Gasteiger partial charge < -0.3 is 28.5 Å². The van der Waals surface area contributed by atoms with E-state index in [1.165, 1.54) is 18.4 Å². The molecule has 0 N–H and O–H groups in total. The Morgan fingerprint density at radius 2 is 1.77 bits per heavy atom. The fourth-order valence-corrected chi connectivity index (χ4v) is 4.29. The van der Waals surface area contributed by atoms with Crippen LogP contribution in [0.5, 0.6) is 0 Å². The average molecular weight is 415 g/mol. The summed E-state index contributed by atoms with van der Waals surface area (Å²) < 4.78 is 14.0. The summed E-state index contributed by atoms with van der Waals surface area (Å²) in [7, 11) is 4.56. The highest BCUT2D eigenvalue weighted by Gasteiger charge is 2.52. The van der Waals surface area contributed by atoms with E-state index in [-0.39, 0.29) is 29.8 Å². The Bertz CT molecular complexity index is 559. The van der Waals surface area contributed by atoms with Gasteiger partial charge in [0, 0.05) is 5.56 Å². The van der Waals surface area contributed by atoms with Crippen LogP contribution < -0.4 is 24.0 Å². The molecule has 122 valence electrons. The van der Waals surface area contributed by atoms with Crippen molar-refractivity contribution in [2.45, 2.75) is 33.2 Å². The van der Waals surface area contributed by atoms with Crippen molar-refractivity contribution in [3.05, 3.63) is 47.3 Å². The predicted octanol–water partition coefficient (Wildman–Crippen LogP) is 1.40. The van der Waals surface area contributed by atoms with Gasteiger partial charge >= 0.3 is 0 Å². The Labute approximate surface area is 151 Å². The van der Waals surface area contributed by atoms with Crippen molar-refractivity contribution < 1.29 is 32.9 Å². The lowest BCUT2D eigenvalue weighted by Crippen LogP contribution is -3.00. The average Bonchev–Trinajstić information content (AvgIpc) is 2.40. The van der Waals surface area contributed by atoms with Gasteiger partial charge in [-0.3, -0.25) is 0 Å². The maximum absolute atomic E-state index is 13.0. The van der Waals surface area contributed by atoms with Gasteiger partial charge in [0.05, 0.1) is 14.1 Å². The van der Waals surface area contributed by atoms with Crippen molar-refractivity contribution in [3.8, 4) is 0 Å². The topological polar surface area (TPSA) is 0 Å². The van der Waals surface area contributed by atoms with Crippen molar-refractivity contribution in [2.75, 3.05) is 20.6 Å². The van der Waals surface area contributed by atoms with Crippen LogP contribution in [0.15, 0.2) is 35.9 Å². The third-order valence-electron chi connectivity index (χ3n) is 5.72. The molecular formula is C19H27FIN. The SMILES string of the molecule is CC1(C)[C@H]2CC=C(C[N+](C)(C)Cc3ccc(F)cc3)[C@@H]1C2.[I-]. The molecule has 0 spiro atoms. The second kappa shape index (κ2) is 6.23. The lowest BCUT2D eigenvalue weighted by molar-refractivity contribution is -0.899. The highest BCUT2D eigenvalue weighted by atomic mass is 127. The molecule has 1 fully saturated rings. The summed E-state index contributed by atoms with van der Waals surface area (Å²) in [4.78, 5) is 0. The molecule has 2 bridgehead atoms. The van der Waals surface area contributed by atoms with Gasteiger partial charge in [0.2, 0.25) is 0 Å². The monoisotopic (exact) mass is 415 g/mol. The third-order valence-corrected chi connectivity index (χ3v) is 5.72.